The van der Waals surface area contributed by atoms with Crippen LogP contribution in [-0.2, 0) is 0 Å². The lowest BCUT2D eigenvalue weighted by atomic mass is 9.79. The van der Waals surface area contributed by atoms with Crippen LogP contribution in [0.15, 0.2) is 21.9 Å². The number of hydrogen-bond donors (Lipinski definition) is 2. The largest absolute Gasteiger partial charge is 0.452 e. The summed E-state index contributed by atoms with van der Waals surface area (Å²) in [7, 11) is 0. The number of carbonyl (C=O) groups is 1. The Morgan fingerprint density at radius 2 is 2.21 bits per heavy atom. The number of carbonyl (C=O) groups excluding carboxylic acids is 1. The van der Waals surface area contributed by atoms with Gasteiger partial charge in [0.25, 0.3) is 5.91 Å². The molecule has 0 aromatic carbocycles. The maximum absolute atomic E-state index is 12.2. The van der Waals surface area contributed by atoms with Crippen molar-refractivity contribution in [2.24, 2.45) is 16.3 Å². The zero-order valence-electron chi connectivity index (χ0n) is 10.6. The second-order valence-electron chi connectivity index (χ2n) is 4.95. The van der Waals surface area contributed by atoms with Gasteiger partial charge in [0.1, 0.15) is 5.84 Å². The van der Waals surface area contributed by atoms with Gasteiger partial charge in [0, 0.05) is 18.5 Å². The van der Waals surface area contributed by atoms with Crippen molar-refractivity contribution in [3.8, 4) is 0 Å². The Labute approximate surface area is 115 Å². The van der Waals surface area contributed by atoms with Gasteiger partial charge in [-0.25, -0.2) is 0 Å². The van der Waals surface area contributed by atoms with Crippen molar-refractivity contribution in [2.45, 2.75) is 19.8 Å². The van der Waals surface area contributed by atoms with E-state index in [1.807, 2.05) is 6.92 Å². The quantitative estimate of drug-likeness (QED) is 0.376. The highest BCUT2D eigenvalue weighted by Crippen LogP contribution is 2.32. The van der Waals surface area contributed by atoms with Gasteiger partial charge in [-0.1, -0.05) is 12.1 Å². The molecule has 1 fully saturated rings. The summed E-state index contributed by atoms with van der Waals surface area (Å²) in [6.45, 7) is 2.99. The molecule has 0 radical (unpaired) electrons. The molecule has 0 spiro atoms. The minimum Gasteiger partial charge on any atom is -0.452 e. The minimum atomic E-state index is -0.369. The zero-order valence-corrected chi connectivity index (χ0v) is 11.4. The summed E-state index contributed by atoms with van der Waals surface area (Å²) >= 11 is 5.80. The highest BCUT2D eigenvalue weighted by Gasteiger charge is 2.36. The van der Waals surface area contributed by atoms with E-state index in [1.54, 1.807) is 11.0 Å². The number of piperidine rings is 1. The van der Waals surface area contributed by atoms with Crippen molar-refractivity contribution in [2.75, 3.05) is 13.1 Å². The average Bonchev–Trinajstić information content (AvgIpc) is 2.84. The molecule has 19 heavy (non-hydrogen) atoms. The molecule has 1 amide bonds. The molecule has 6 nitrogen and oxygen atoms in total. The fourth-order valence-corrected chi connectivity index (χ4v) is 2.39. The van der Waals surface area contributed by atoms with Crippen molar-refractivity contribution in [3.63, 3.8) is 0 Å². The number of likely N-dealkylation sites (tertiary alicyclic amines) is 1. The number of furan rings is 1. The second-order valence-corrected chi connectivity index (χ2v) is 5.29. The van der Waals surface area contributed by atoms with Gasteiger partial charge in [0.15, 0.2) is 0 Å². The molecule has 1 aromatic rings. The van der Waals surface area contributed by atoms with E-state index >= 15 is 0 Å². The number of oxime groups is 1. The summed E-state index contributed by atoms with van der Waals surface area (Å²) in [5.41, 5.74) is 5.68. The summed E-state index contributed by atoms with van der Waals surface area (Å²) in [6, 6.07) is 1.56. The lowest BCUT2D eigenvalue weighted by Crippen LogP contribution is -2.47. The smallest absolute Gasteiger partial charge is 0.258 e. The fraction of sp³-hybridized carbons (Fsp3) is 0.500. The highest BCUT2D eigenvalue weighted by molar-refractivity contribution is 6.32. The average molecular weight is 286 g/mol. The van der Waals surface area contributed by atoms with Gasteiger partial charge < -0.3 is 20.3 Å². The number of amidine groups is 1. The second kappa shape index (κ2) is 5.13. The molecule has 0 atom stereocenters. The van der Waals surface area contributed by atoms with Crippen LogP contribution in [0.2, 0.25) is 5.22 Å². The maximum Gasteiger partial charge on any atom is 0.258 e. The number of nitrogens with two attached hydrogens (primary N) is 1. The van der Waals surface area contributed by atoms with Gasteiger partial charge in [0.05, 0.1) is 11.8 Å². The lowest BCUT2D eigenvalue weighted by molar-refractivity contribution is 0.0666. The van der Waals surface area contributed by atoms with E-state index in [9.17, 15) is 4.79 Å². The number of rotatable bonds is 2. The standard InChI is InChI=1S/C12H16ClN3O3/c1-12(11(14)15-18)3-5-16(6-4-12)10(17)8-2-7-19-9(8)13/h2,7,18H,3-6H2,1H3,(H2,14,15). The van der Waals surface area contributed by atoms with Crippen LogP contribution in [0, 0.1) is 5.41 Å². The predicted molar refractivity (Wildman–Crippen MR) is 70.4 cm³/mol. The zero-order chi connectivity index (χ0) is 14.0. The maximum atomic E-state index is 12.2. The van der Waals surface area contributed by atoms with E-state index in [4.69, 9.17) is 27.0 Å². The van der Waals surface area contributed by atoms with Crippen LogP contribution in [0.5, 0.6) is 0 Å². The lowest BCUT2D eigenvalue weighted by Gasteiger charge is -2.38. The topological polar surface area (TPSA) is 92.1 Å². The first-order valence-electron chi connectivity index (χ1n) is 5.98. The number of halogens is 1. The molecular weight excluding hydrogens is 270 g/mol. The monoisotopic (exact) mass is 285 g/mol. The SMILES string of the molecule is CC1(/C(N)=N/O)CCN(C(=O)c2ccoc2Cl)CC1. The third kappa shape index (κ3) is 2.53. The van der Waals surface area contributed by atoms with Crippen LogP contribution >= 0.6 is 11.6 Å². The van der Waals surface area contributed by atoms with Crippen molar-refractivity contribution in [1.82, 2.24) is 4.90 Å². The van der Waals surface area contributed by atoms with E-state index in [-0.39, 0.29) is 22.4 Å². The molecule has 1 aliphatic heterocycles. The van der Waals surface area contributed by atoms with E-state index in [0.29, 0.717) is 31.5 Å². The number of hydrogen-bond acceptors (Lipinski definition) is 4. The van der Waals surface area contributed by atoms with Crippen LogP contribution < -0.4 is 5.73 Å². The first-order valence-corrected chi connectivity index (χ1v) is 6.36. The molecule has 2 heterocycles. The Balaban J connectivity index is 2.05. The minimum absolute atomic E-state index is 0.106. The molecule has 104 valence electrons. The Hall–Kier alpha value is -1.69. The van der Waals surface area contributed by atoms with Crippen molar-refractivity contribution >= 4 is 23.3 Å². The molecule has 1 saturated heterocycles. The van der Waals surface area contributed by atoms with Gasteiger partial charge in [0.2, 0.25) is 5.22 Å². The van der Waals surface area contributed by atoms with E-state index in [1.165, 1.54) is 6.26 Å². The Morgan fingerprint density at radius 1 is 1.58 bits per heavy atom. The van der Waals surface area contributed by atoms with Crippen molar-refractivity contribution in [3.05, 3.63) is 23.1 Å². The van der Waals surface area contributed by atoms with Crippen LogP contribution in [0.4, 0.5) is 0 Å². The van der Waals surface area contributed by atoms with Crippen molar-refractivity contribution in [1.29, 1.82) is 0 Å². The van der Waals surface area contributed by atoms with Crippen LogP contribution in [0.25, 0.3) is 0 Å². The summed E-state index contributed by atoms with van der Waals surface area (Å²) in [6.07, 6.45) is 2.67. The summed E-state index contributed by atoms with van der Waals surface area (Å²) in [5.74, 6) is 0.0567. The first kappa shape index (κ1) is 13.7. The molecule has 0 unspecified atom stereocenters. The number of amides is 1. The molecule has 2 rings (SSSR count). The van der Waals surface area contributed by atoms with Crippen molar-refractivity contribution < 1.29 is 14.4 Å². The van der Waals surface area contributed by atoms with Gasteiger partial charge in [-0.15, -0.1) is 0 Å². The van der Waals surface area contributed by atoms with Gasteiger partial charge >= 0.3 is 0 Å². The van der Waals surface area contributed by atoms with Crippen LogP contribution in [0.3, 0.4) is 0 Å². The van der Waals surface area contributed by atoms with Gasteiger partial charge in [-0.05, 0) is 30.5 Å². The molecule has 1 aromatic heterocycles. The van der Waals surface area contributed by atoms with Crippen LogP contribution in [-0.4, -0.2) is 34.9 Å². The molecular formula is C12H16ClN3O3. The third-order valence-electron chi connectivity index (χ3n) is 3.73. The molecule has 0 aliphatic carbocycles. The van der Waals surface area contributed by atoms with Crippen LogP contribution in [0.1, 0.15) is 30.1 Å². The summed E-state index contributed by atoms with van der Waals surface area (Å²) in [4.78, 5) is 13.9. The molecule has 0 saturated carbocycles. The Kier molecular flexibility index (Phi) is 3.71. The fourth-order valence-electron chi connectivity index (χ4n) is 2.20. The Bertz CT molecular complexity index is 504. The normalized spacial score (nSPS) is 19.5. The number of nitrogens with zero attached hydrogens (tertiary/aromatic N) is 2. The van der Waals surface area contributed by atoms with Gasteiger partial charge in [-0.3, -0.25) is 4.79 Å². The molecule has 3 N–H and O–H groups in total. The van der Waals surface area contributed by atoms with E-state index in [2.05, 4.69) is 5.16 Å². The molecule has 7 heteroatoms. The molecule has 1 aliphatic rings. The predicted octanol–water partition coefficient (Wildman–Crippen LogP) is 1.92. The third-order valence-corrected chi connectivity index (χ3v) is 4.02. The Morgan fingerprint density at radius 3 is 2.68 bits per heavy atom. The molecule has 0 bridgehead atoms. The summed E-state index contributed by atoms with van der Waals surface area (Å²) in [5, 5.41) is 11.9. The van der Waals surface area contributed by atoms with E-state index < -0.39 is 0 Å². The van der Waals surface area contributed by atoms with Gasteiger partial charge in [-0.2, -0.15) is 0 Å². The summed E-state index contributed by atoms with van der Waals surface area (Å²) < 4.78 is 4.92. The highest BCUT2D eigenvalue weighted by atomic mass is 35.5. The first-order chi connectivity index (χ1) is 8.98. The van der Waals surface area contributed by atoms with E-state index in [0.717, 1.165) is 0 Å².